The average molecular weight is 469 g/mol. The van der Waals surface area contributed by atoms with Crippen molar-refractivity contribution in [2.24, 2.45) is 5.73 Å². The number of nitrogen functional groups attached to an aromatic ring is 1. The Morgan fingerprint density at radius 2 is 1.97 bits per heavy atom. The first-order valence-corrected chi connectivity index (χ1v) is 9.61. The van der Waals surface area contributed by atoms with E-state index in [1.165, 1.54) is 11.8 Å². The highest BCUT2D eigenvalue weighted by Gasteiger charge is 2.48. The number of carbonyl (C=O) groups excluding carboxylic acids is 2. The molecule has 1 atom stereocenters. The molecule has 6 N–H and O–H groups in total. The van der Waals surface area contributed by atoms with E-state index in [1.54, 1.807) is 41.6 Å². The molecular formula is C19H22Cl2N6O2S. The first-order valence-electron chi connectivity index (χ1n) is 8.79. The van der Waals surface area contributed by atoms with E-state index in [-0.39, 0.29) is 30.8 Å². The minimum absolute atomic E-state index is 0. The van der Waals surface area contributed by atoms with Gasteiger partial charge >= 0.3 is 6.03 Å². The Kier molecular flexibility index (Phi) is 7.46. The highest BCUT2D eigenvalue weighted by Crippen LogP contribution is 2.49. The number of carbonyl (C=O) groups is 2. The van der Waals surface area contributed by atoms with Gasteiger partial charge in [0.25, 0.3) is 5.91 Å². The summed E-state index contributed by atoms with van der Waals surface area (Å²) in [5.41, 5.74) is 14.6. The quantitative estimate of drug-likeness (QED) is 0.512. The second kappa shape index (κ2) is 9.46. The van der Waals surface area contributed by atoms with Crippen molar-refractivity contribution in [3.05, 3.63) is 65.0 Å². The number of hydrogen-bond donors (Lipinski definition) is 4. The first kappa shape index (κ1) is 23.7. The van der Waals surface area contributed by atoms with Gasteiger partial charge in [0.05, 0.1) is 18.4 Å². The van der Waals surface area contributed by atoms with Crippen LogP contribution in [0.2, 0.25) is 0 Å². The molecule has 0 bridgehead atoms. The van der Waals surface area contributed by atoms with Gasteiger partial charge in [-0.2, -0.15) is 0 Å². The number of rotatable bonds is 3. The highest BCUT2D eigenvalue weighted by molar-refractivity contribution is 8.05. The van der Waals surface area contributed by atoms with Crippen LogP contribution >= 0.6 is 36.6 Å². The molecule has 0 radical (unpaired) electrons. The number of nitrogens with one attached hydrogen (secondary N) is 2. The van der Waals surface area contributed by atoms with Crippen molar-refractivity contribution in [3.63, 3.8) is 0 Å². The molecule has 2 aliphatic heterocycles. The Labute approximate surface area is 190 Å². The molecule has 0 saturated carbocycles. The number of halogens is 2. The lowest BCUT2D eigenvalue weighted by Crippen LogP contribution is -2.47. The summed E-state index contributed by atoms with van der Waals surface area (Å²) >= 11 is 1.32. The Balaban J connectivity index is 0.00000160. The van der Waals surface area contributed by atoms with Crippen molar-refractivity contribution in [3.8, 4) is 0 Å². The van der Waals surface area contributed by atoms with Gasteiger partial charge in [-0.25, -0.2) is 4.79 Å². The second-order valence-corrected chi connectivity index (χ2v) is 7.91. The molecule has 0 aliphatic carbocycles. The number of aromatic nitrogens is 1. The Bertz CT molecular complexity index is 975. The van der Waals surface area contributed by atoms with Gasteiger partial charge in [-0.05, 0) is 18.2 Å². The van der Waals surface area contributed by atoms with Crippen LogP contribution in [-0.2, 0) is 9.67 Å². The molecule has 2 aliphatic rings. The average Bonchev–Trinajstić information content (AvgIpc) is 3.09. The molecule has 4 rings (SSSR count). The summed E-state index contributed by atoms with van der Waals surface area (Å²) in [4.78, 5) is 30.5. The lowest BCUT2D eigenvalue weighted by atomic mass is 10.0. The van der Waals surface area contributed by atoms with Gasteiger partial charge in [-0.3, -0.25) is 9.78 Å². The molecule has 30 heavy (non-hydrogen) atoms. The van der Waals surface area contributed by atoms with Gasteiger partial charge in [-0.1, -0.05) is 30.0 Å². The summed E-state index contributed by atoms with van der Waals surface area (Å²) in [5, 5.41) is 6.13. The van der Waals surface area contributed by atoms with E-state index in [0.717, 1.165) is 10.6 Å². The zero-order valence-electron chi connectivity index (χ0n) is 15.8. The van der Waals surface area contributed by atoms with Crippen molar-refractivity contribution < 1.29 is 9.59 Å². The third-order valence-corrected chi connectivity index (χ3v) is 6.24. The second-order valence-electron chi connectivity index (χ2n) is 6.60. The summed E-state index contributed by atoms with van der Waals surface area (Å²) < 4.78 is 0. The minimum Gasteiger partial charge on any atom is -0.398 e. The number of benzene rings is 1. The summed E-state index contributed by atoms with van der Waals surface area (Å²) in [6, 6.07) is 10.5. The monoisotopic (exact) mass is 468 g/mol. The third-order valence-electron chi connectivity index (χ3n) is 4.79. The Morgan fingerprint density at radius 3 is 2.63 bits per heavy atom. The minimum atomic E-state index is -1.16. The number of thioether (sulfide) groups is 1. The lowest BCUT2D eigenvalue weighted by Gasteiger charge is -2.28. The molecule has 0 spiro atoms. The normalized spacial score (nSPS) is 19.7. The third kappa shape index (κ3) is 4.28. The van der Waals surface area contributed by atoms with E-state index in [9.17, 15) is 9.59 Å². The summed E-state index contributed by atoms with van der Waals surface area (Å²) in [5.74, 6) is -0.517. The SMILES string of the molecule is Cl.Cl.NC(=O)C1(c2ccccc2N)NC2=C(CN(C(=O)Nc3cccnc3)CC2)S1. The van der Waals surface area contributed by atoms with Crippen molar-refractivity contribution >= 4 is 59.9 Å². The van der Waals surface area contributed by atoms with Crippen LogP contribution in [0, 0.1) is 0 Å². The summed E-state index contributed by atoms with van der Waals surface area (Å²) in [6.07, 6.45) is 3.84. The van der Waals surface area contributed by atoms with Crippen molar-refractivity contribution in [1.82, 2.24) is 15.2 Å². The van der Waals surface area contributed by atoms with Gasteiger partial charge in [-0.15, -0.1) is 24.8 Å². The molecule has 1 aromatic heterocycles. The predicted molar refractivity (Wildman–Crippen MR) is 123 cm³/mol. The topological polar surface area (TPSA) is 126 Å². The van der Waals surface area contributed by atoms with Crippen LogP contribution in [0.3, 0.4) is 0 Å². The number of hydrogen-bond acceptors (Lipinski definition) is 6. The number of urea groups is 1. The van der Waals surface area contributed by atoms with Gasteiger partial charge in [0.2, 0.25) is 0 Å². The van der Waals surface area contributed by atoms with Crippen LogP contribution in [0.15, 0.2) is 59.4 Å². The molecule has 2 aromatic rings. The number of primary amides is 1. The lowest BCUT2D eigenvalue weighted by molar-refractivity contribution is -0.121. The Morgan fingerprint density at radius 1 is 1.20 bits per heavy atom. The molecular weight excluding hydrogens is 447 g/mol. The molecule has 0 fully saturated rings. The first-order chi connectivity index (χ1) is 13.5. The molecule has 1 aromatic carbocycles. The van der Waals surface area contributed by atoms with Crippen LogP contribution in [0.1, 0.15) is 12.0 Å². The molecule has 3 amide bonds. The number of pyridine rings is 1. The van der Waals surface area contributed by atoms with Crippen LogP contribution in [-0.4, -0.2) is 34.9 Å². The fraction of sp³-hybridized carbons (Fsp3) is 0.211. The van der Waals surface area contributed by atoms with E-state index >= 15 is 0 Å². The van der Waals surface area contributed by atoms with Gasteiger partial charge < -0.3 is 27.0 Å². The van der Waals surface area contributed by atoms with Crippen molar-refractivity contribution in [2.45, 2.75) is 11.3 Å². The Hall–Kier alpha value is -2.62. The standard InChI is InChI=1S/C19H20N6O2S.2ClH/c20-14-6-2-1-5-13(14)19(17(21)26)24-15-7-9-25(11-16(15)28-19)18(27)23-12-4-3-8-22-10-12;;/h1-6,8,10,24H,7,9,11,20H2,(H2,21,26)(H,23,27);2*1H. The van der Waals surface area contributed by atoms with E-state index in [0.29, 0.717) is 36.4 Å². The zero-order chi connectivity index (χ0) is 19.7. The van der Waals surface area contributed by atoms with Gasteiger partial charge in [0.1, 0.15) is 0 Å². The fourth-order valence-electron chi connectivity index (χ4n) is 3.38. The van der Waals surface area contributed by atoms with Crippen LogP contribution in [0.4, 0.5) is 16.2 Å². The largest absolute Gasteiger partial charge is 0.398 e. The smallest absolute Gasteiger partial charge is 0.322 e. The van der Waals surface area contributed by atoms with Gasteiger partial charge in [0, 0.05) is 41.0 Å². The number of para-hydroxylation sites is 1. The molecule has 3 heterocycles. The van der Waals surface area contributed by atoms with Crippen LogP contribution in [0.5, 0.6) is 0 Å². The van der Waals surface area contributed by atoms with Crippen LogP contribution in [0.25, 0.3) is 0 Å². The maximum Gasteiger partial charge on any atom is 0.322 e. The number of nitrogens with two attached hydrogens (primary N) is 2. The molecule has 1 unspecified atom stereocenters. The molecule has 11 heteroatoms. The van der Waals surface area contributed by atoms with E-state index in [1.807, 2.05) is 12.1 Å². The van der Waals surface area contributed by atoms with E-state index < -0.39 is 10.8 Å². The molecule has 8 nitrogen and oxygen atoms in total. The number of nitrogens with zero attached hydrogens (tertiary/aromatic N) is 2. The predicted octanol–water partition coefficient (Wildman–Crippen LogP) is 2.63. The maximum atomic E-state index is 12.6. The number of anilines is 2. The zero-order valence-corrected chi connectivity index (χ0v) is 18.3. The highest BCUT2D eigenvalue weighted by atomic mass is 35.5. The number of amides is 3. The van der Waals surface area contributed by atoms with E-state index in [4.69, 9.17) is 11.5 Å². The van der Waals surface area contributed by atoms with E-state index in [2.05, 4.69) is 15.6 Å². The van der Waals surface area contributed by atoms with Crippen molar-refractivity contribution in [1.29, 1.82) is 0 Å². The summed E-state index contributed by atoms with van der Waals surface area (Å²) in [6.45, 7) is 0.915. The van der Waals surface area contributed by atoms with Crippen molar-refractivity contribution in [2.75, 3.05) is 24.1 Å². The summed E-state index contributed by atoms with van der Waals surface area (Å²) in [7, 11) is 0. The van der Waals surface area contributed by atoms with Gasteiger partial charge in [0.15, 0.2) is 4.87 Å². The molecule has 160 valence electrons. The molecule has 0 saturated heterocycles. The maximum absolute atomic E-state index is 12.6. The fourth-order valence-corrected chi connectivity index (χ4v) is 4.82. The van der Waals surface area contributed by atoms with Crippen LogP contribution < -0.4 is 22.1 Å².